The molecule has 0 unspecified atom stereocenters. The average molecular weight is 247 g/mol. The number of barbiturate groups is 1. The smallest absolute Gasteiger partial charge is 0.273 e. The highest BCUT2D eigenvalue weighted by Crippen LogP contribution is 2.13. The fourth-order valence-corrected chi connectivity index (χ4v) is 1.52. The third-order valence-corrected chi connectivity index (χ3v) is 2.44. The first-order chi connectivity index (χ1) is 8.52. The van der Waals surface area contributed by atoms with Gasteiger partial charge in [-0.3, -0.25) is 14.4 Å². The first-order valence-electron chi connectivity index (χ1n) is 5.06. The Morgan fingerprint density at radius 2 is 1.67 bits per heavy atom. The molecule has 2 N–H and O–H groups in total. The largest absolute Gasteiger partial charge is 0.355 e. The highest BCUT2D eigenvalue weighted by molar-refractivity contribution is 6.24. The molecule has 0 saturated carbocycles. The molecule has 1 aromatic carbocycles. The fourth-order valence-electron chi connectivity index (χ4n) is 1.52. The first-order valence-corrected chi connectivity index (χ1v) is 5.06. The van der Waals surface area contributed by atoms with Gasteiger partial charge >= 0.3 is 6.03 Å². The topological polar surface area (TPSA) is 101 Å². The minimum Gasteiger partial charge on any atom is -0.273 e. The number of urea groups is 1. The molecule has 7 nitrogen and oxygen atoms in total. The summed E-state index contributed by atoms with van der Waals surface area (Å²) in [4.78, 5) is 46.7. The van der Waals surface area contributed by atoms with Gasteiger partial charge in [-0.05, 0) is 12.1 Å². The predicted octanol–water partition coefficient (Wildman–Crippen LogP) is -0.119. The summed E-state index contributed by atoms with van der Waals surface area (Å²) in [5.41, 5.74) is 0.168. The van der Waals surface area contributed by atoms with Gasteiger partial charge in [0.05, 0.1) is 0 Å². The Kier molecular flexibility index (Phi) is 2.90. The molecule has 1 heterocycles. The van der Waals surface area contributed by atoms with Crippen molar-refractivity contribution in [1.82, 2.24) is 9.91 Å². The van der Waals surface area contributed by atoms with Crippen LogP contribution in [0.4, 0.5) is 4.79 Å². The lowest BCUT2D eigenvalue weighted by atomic mass is 10.2. The van der Waals surface area contributed by atoms with Gasteiger partial charge in [-0.2, -0.15) is 9.91 Å². The SMILES string of the molecule is NN1C(=O)CC(=O)N(C(=O)c2ccccc2)C1=O. The van der Waals surface area contributed by atoms with Gasteiger partial charge in [0.15, 0.2) is 0 Å². The standard InChI is InChI=1S/C11H9N3O4/c12-14-9(16)6-8(15)13(11(14)18)10(17)7-4-2-1-3-5-7/h1-5H,6,12H2. The van der Waals surface area contributed by atoms with Gasteiger partial charge in [0.25, 0.3) is 11.8 Å². The monoisotopic (exact) mass is 247 g/mol. The van der Waals surface area contributed by atoms with E-state index in [1.54, 1.807) is 18.2 Å². The van der Waals surface area contributed by atoms with Crippen LogP contribution in [0, 0.1) is 0 Å². The van der Waals surface area contributed by atoms with Crippen molar-refractivity contribution in [2.24, 2.45) is 5.84 Å². The Balaban J connectivity index is 2.33. The molecule has 1 saturated heterocycles. The molecule has 1 fully saturated rings. The number of nitrogens with two attached hydrogens (primary N) is 1. The minimum absolute atomic E-state index is 0.168. The molecular formula is C11H9N3O4. The van der Waals surface area contributed by atoms with E-state index in [0.29, 0.717) is 4.90 Å². The number of imide groups is 4. The van der Waals surface area contributed by atoms with Crippen LogP contribution in [0.5, 0.6) is 0 Å². The van der Waals surface area contributed by atoms with E-state index in [1.807, 2.05) is 0 Å². The van der Waals surface area contributed by atoms with E-state index in [1.165, 1.54) is 12.1 Å². The summed E-state index contributed by atoms with van der Waals surface area (Å²) in [6, 6.07) is 6.66. The van der Waals surface area contributed by atoms with E-state index >= 15 is 0 Å². The van der Waals surface area contributed by atoms with Crippen molar-refractivity contribution in [2.45, 2.75) is 6.42 Å². The quantitative estimate of drug-likeness (QED) is 0.323. The molecule has 92 valence electrons. The van der Waals surface area contributed by atoms with Crippen LogP contribution in [0.2, 0.25) is 0 Å². The van der Waals surface area contributed by atoms with Crippen LogP contribution in [0.25, 0.3) is 0 Å². The molecular weight excluding hydrogens is 238 g/mol. The summed E-state index contributed by atoms with van der Waals surface area (Å²) in [5.74, 6) is 2.67. The second kappa shape index (κ2) is 4.38. The van der Waals surface area contributed by atoms with Gasteiger partial charge in [-0.25, -0.2) is 10.6 Å². The summed E-state index contributed by atoms with van der Waals surface area (Å²) in [6.45, 7) is 0. The number of amides is 5. The molecule has 0 bridgehead atoms. The lowest BCUT2D eigenvalue weighted by Crippen LogP contribution is -2.59. The highest BCUT2D eigenvalue weighted by Gasteiger charge is 2.40. The maximum atomic E-state index is 12.0. The maximum absolute atomic E-state index is 12.0. The fraction of sp³-hybridized carbons (Fsp3) is 0.0909. The van der Waals surface area contributed by atoms with Crippen molar-refractivity contribution in [3.05, 3.63) is 35.9 Å². The highest BCUT2D eigenvalue weighted by atomic mass is 16.2. The van der Waals surface area contributed by atoms with Crippen LogP contribution >= 0.6 is 0 Å². The molecule has 0 aliphatic carbocycles. The lowest BCUT2D eigenvalue weighted by Gasteiger charge is -2.28. The van der Waals surface area contributed by atoms with Crippen molar-refractivity contribution >= 4 is 23.8 Å². The van der Waals surface area contributed by atoms with Gasteiger partial charge in [0, 0.05) is 5.56 Å². The van der Waals surface area contributed by atoms with E-state index in [4.69, 9.17) is 5.84 Å². The van der Waals surface area contributed by atoms with Crippen LogP contribution in [0.15, 0.2) is 30.3 Å². The van der Waals surface area contributed by atoms with Gasteiger partial charge < -0.3 is 0 Å². The molecule has 5 amide bonds. The van der Waals surface area contributed by atoms with Crippen LogP contribution < -0.4 is 5.84 Å². The summed E-state index contributed by atoms with van der Waals surface area (Å²) in [7, 11) is 0. The van der Waals surface area contributed by atoms with E-state index in [9.17, 15) is 19.2 Å². The zero-order valence-corrected chi connectivity index (χ0v) is 9.20. The van der Waals surface area contributed by atoms with Gasteiger partial charge in [-0.1, -0.05) is 18.2 Å². The number of nitrogens with zero attached hydrogens (tertiary/aromatic N) is 2. The molecule has 1 aliphatic rings. The van der Waals surface area contributed by atoms with Crippen molar-refractivity contribution in [2.75, 3.05) is 0 Å². The predicted molar refractivity (Wildman–Crippen MR) is 58.7 cm³/mol. The second-order valence-electron chi connectivity index (χ2n) is 3.62. The molecule has 7 heteroatoms. The molecule has 2 rings (SSSR count). The number of hydrogen-bond acceptors (Lipinski definition) is 5. The Morgan fingerprint density at radius 1 is 1.06 bits per heavy atom. The van der Waals surface area contributed by atoms with Gasteiger partial charge in [-0.15, -0.1) is 0 Å². The van der Waals surface area contributed by atoms with Crippen molar-refractivity contribution < 1.29 is 19.2 Å². The number of hydrogen-bond donors (Lipinski definition) is 1. The van der Waals surface area contributed by atoms with Crippen molar-refractivity contribution in [3.8, 4) is 0 Å². The minimum atomic E-state index is -1.13. The zero-order chi connectivity index (χ0) is 13.3. The number of benzene rings is 1. The zero-order valence-electron chi connectivity index (χ0n) is 9.20. The number of hydrazine groups is 1. The first kappa shape index (κ1) is 11.9. The summed E-state index contributed by atoms with van der Waals surface area (Å²) >= 11 is 0. The summed E-state index contributed by atoms with van der Waals surface area (Å²) in [5, 5.41) is 0.266. The molecule has 0 radical (unpaired) electrons. The van der Waals surface area contributed by atoms with E-state index in [2.05, 4.69) is 0 Å². The van der Waals surface area contributed by atoms with Crippen molar-refractivity contribution in [3.63, 3.8) is 0 Å². The second-order valence-corrected chi connectivity index (χ2v) is 3.62. The molecule has 0 aromatic heterocycles. The van der Waals surface area contributed by atoms with Crippen molar-refractivity contribution in [1.29, 1.82) is 0 Å². The van der Waals surface area contributed by atoms with Crippen LogP contribution in [0.3, 0.4) is 0 Å². The molecule has 1 aliphatic heterocycles. The van der Waals surface area contributed by atoms with Gasteiger partial charge in [0.1, 0.15) is 6.42 Å². The number of rotatable bonds is 1. The Hall–Kier alpha value is -2.54. The molecule has 0 atom stereocenters. The maximum Gasteiger partial charge on any atom is 0.355 e. The van der Waals surface area contributed by atoms with Crippen LogP contribution in [-0.4, -0.2) is 33.7 Å². The van der Waals surface area contributed by atoms with E-state index < -0.39 is 30.2 Å². The van der Waals surface area contributed by atoms with E-state index in [-0.39, 0.29) is 10.6 Å². The number of carbonyl (C=O) groups excluding carboxylic acids is 4. The normalized spacial score (nSPS) is 16.2. The van der Waals surface area contributed by atoms with E-state index in [0.717, 1.165) is 0 Å². The van der Waals surface area contributed by atoms with Gasteiger partial charge in [0.2, 0.25) is 5.91 Å². The summed E-state index contributed by atoms with van der Waals surface area (Å²) < 4.78 is 0. The van der Waals surface area contributed by atoms with Crippen LogP contribution in [0.1, 0.15) is 16.8 Å². The summed E-state index contributed by atoms with van der Waals surface area (Å²) in [6.07, 6.45) is -0.596. The average Bonchev–Trinajstić information content (AvgIpc) is 2.37. The Labute approximate surface area is 102 Å². The molecule has 18 heavy (non-hydrogen) atoms. The third kappa shape index (κ3) is 1.87. The Bertz CT molecular complexity index is 540. The molecule has 0 spiro atoms. The number of carbonyl (C=O) groups is 4. The molecule has 1 aromatic rings. The van der Waals surface area contributed by atoms with Crippen LogP contribution in [-0.2, 0) is 9.59 Å². The lowest BCUT2D eigenvalue weighted by molar-refractivity contribution is -0.140. The Morgan fingerprint density at radius 3 is 2.28 bits per heavy atom. The third-order valence-electron chi connectivity index (χ3n) is 2.44.